The number of unbranched alkanes of at least 4 members (excludes halogenated alkanes) is 12. The molecule has 0 bridgehead atoms. The minimum Gasteiger partial charge on any atom is -0.494 e. The topological polar surface area (TPSA) is 157 Å². The van der Waals surface area contributed by atoms with Crippen LogP contribution in [0.15, 0.2) is 106 Å². The number of benzene rings is 2. The summed E-state index contributed by atoms with van der Waals surface area (Å²) in [5.41, 5.74) is -1.53. The van der Waals surface area contributed by atoms with Crippen molar-refractivity contribution in [3.8, 4) is 11.5 Å². The summed E-state index contributed by atoms with van der Waals surface area (Å²) < 4.78 is 22.9. The zero-order valence-corrected chi connectivity index (χ0v) is 36.2. The molecule has 0 spiro atoms. The summed E-state index contributed by atoms with van der Waals surface area (Å²) in [5.74, 6) is -0.596. The predicted octanol–water partition coefficient (Wildman–Crippen LogP) is 12.0. The van der Waals surface area contributed by atoms with Gasteiger partial charge in [0.05, 0.1) is 34.2 Å². The van der Waals surface area contributed by atoms with Gasteiger partial charge in [-0.3, -0.25) is 20.2 Å². The van der Waals surface area contributed by atoms with Gasteiger partial charge in [-0.05, 0) is 123 Å². The molecule has 0 radical (unpaired) electrons. The predicted molar refractivity (Wildman–Crippen MR) is 232 cm³/mol. The fourth-order valence-corrected chi connectivity index (χ4v) is 7.71. The number of carbonyl (C=O) groups is 2. The molecule has 0 fully saturated rings. The lowest BCUT2D eigenvalue weighted by Crippen LogP contribution is -2.42. The normalized spacial score (nSPS) is 18.8. The maximum absolute atomic E-state index is 13.3. The second-order valence-corrected chi connectivity index (χ2v) is 15.8. The quantitative estimate of drug-likeness (QED) is 0.0328. The molecule has 0 heterocycles. The lowest BCUT2D eigenvalue weighted by molar-refractivity contribution is -0.588. The van der Waals surface area contributed by atoms with Crippen LogP contribution in [0.2, 0.25) is 0 Å². The molecular weight excluding hydrogens is 765 g/mol. The molecule has 2 aromatic rings. The Hall–Kier alpha value is -5.52. The van der Waals surface area contributed by atoms with Crippen molar-refractivity contribution in [2.75, 3.05) is 13.2 Å². The minimum absolute atomic E-state index is 0.124. The molecule has 2 aliphatic rings. The van der Waals surface area contributed by atoms with E-state index in [9.17, 15) is 29.8 Å². The number of hydrogen-bond donors (Lipinski definition) is 0. The van der Waals surface area contributed by atoms with E-state index in [4.69, 9.17) is 18.9 Å². The largest absolute Gasteiger partial charge is 0.494 e. The van der Waals surface area contributed by atoms with Crippen LogP contribution in [-0.2, 0) is 9.47 Å². The number of nitrogens with zero attached hydrogens (tertiary/aromatic N) is 2. The lowest BCUT2D eigenvalue weighted by atomic mass is 9.79. The first kappa shape index (κ1) is 47.2. The Labute approximate surface area is 354 Å². The monoisotopic (exact) mass is 826 g/mol. The average Bonchev–Trinajstić information content (AvgIpc) is 3.21. The number of nitro groups is 2. The van der Waals surface area contributed by atoms with Crippen LogP contribution in [0.3, 0.4) is 0 Å². The van der Waals surface area contributed by atoms with Crippen molar-refractivity contribution in [1.29, 1.82) is 0 Å². The molecule has 60 heavy (non-hydrogen) atoms. The number of ether oxygens (including phenoxy) is 4. The van der Waals surface area contributed by atoms with Crippen LogP contribution in [-0.4, -0.2) is 46.4 Å². The van der Waals surface area contributed by atoms with Crippen LogP contribution >= 0.6 is 0 Å². The molecule has 324 valence electrons. The summed E-state index contributed by atoms with van der Waals surface area (Å²) in [7, 11) is 0. The number of rotatable bonds is 24. The van der Waals surface area contributed by atoms with Crippen molar-refractivity contribution in [3.05, 3.63) is 138 Å². The fourth-order valence-electron chi connectivity index (χ4n) is 7.71. The summed E-state index contributed by atoms with van der Waals surface area (Å²) in [6.07, 6.45) is 21.3. The maximum atomic E-state index is 13.3. The molecule has 0 aliphatic heterocycles. The van der Waals surface area contributed by atoms with Gasteiger partial charge in [0.2, 0.25) is 0 Å². The third-order valence-corrected chi connectivity index (χ3v) is 10.8. The third kappa shape index (κ3) is 12.7. The van der Waals surface area contributed by atoms with Crippen LogP contribution in [0, 0.1) is 20.2 Å². The number of hydrogen-bond acceptors (Lipinski definition) is 10. The Bertz CT molecular complexity index is 1790. The van der Waals surface area contributed by atoms with Gasteiger partial charge in [-0.2, -0.15) is 0 Å². The second-order valence-electron chi connectivity index (χ2n) is 15.8. The van der Waals surface area contributed by atoms with Crippen molar-refractivity contribution in [1.82, 2.24) is 0 Å². The van der Waals surface area contributed by atoms with Crippen molar-refractivity contribution in [2.24, 2.45) is 0 Å². The highest BCUT2D eigenvalue weighted by Gasteiger charge is 2.49. The highest BCUT2D eigenvalue weighted by molar-refractivity contribution is 5.90. The number of esters is 2. The molecule has 0 saturated heterocycles. The third-order valence-electron chi connectivity index (χ3n) is 10.8. The molecule has 0 amide bonds. The van der Waals surface area contributed by atoms with Crippen LogP contribution in [0.1, 0.15) is 152 Å². The molecule has 12 heteroatoms. The van der Waals surface area contributed by atoms with Crippen molar-refractivity contribution >= 4 is 11.9 Å². The first-order chi connectivity index (χ1) is 28.8. The van der Waals surface area contributed by atoms with Crippen LogP contribution in [0.4, 0.5) is 0 Å². The van der Waals surface area contributed by atoms with E-state index in [-0.39, 0.29) is 11.1 Å². The lowest BCUT2D eigenvalue weighted by Gasteiger charge is -2.30. The Kier molecular flexibility index (Phi) is 17.9. The molecule has 0 saturated carbocycles. The molecule has 2 aliphatic carbocycles. The molecule has 0 aromatic heterocycles. The van der Waals surface area contributed by atoms with E-state index in [0.717, 1.165) is 25.7 Å². The van der Waals surface area contributed by atoms with E-state index in [1.807, 2.05) is 0 Å². The minimum atomic E-state index is -2.31. The molecule has 0 N–H and O–H groups in total. The van der Waals surface area contributed by atoms with E-state index in [1.165, 1.54) is 113 Å². The van der Waals surface area contributed by atoms with E-state index in [0.29, 0.717) is 58.2 Å². The summed E-state index contributed by atoms with van der Waals surface area (Å²) in [6.45, 7) is 12.1. The SMILES string of the molecule is CCCCCCCCCOc1ccc(C(=O)OC2([N+](=O)[O-])C=C(C)C(=C3C(C)=CC(OC(=O)c4ccc(OCCCCCCCCC)cc4)([N+](=O)[O-])C=C3C)C(C)=C2)cc1. The van der Waals surface area contributed by atoms with Crippen LogP contribution < -0.4 is 9.47 Å². The van der Waals surface area contributed by atoms with Gasteiger partial charge in [-0.1, -0.05) is 90.9 Å². The smallest absolute Gasteiger partial charge is 0.406 e. The van der Waals surface area contributed by atoms with Gasteiger partial charge >= 0.3 is 23.4 Å². The molecular formula is C48H62N2O10. The van der Waals surface area contributed by atoms with Gasteiger partial charge in [-0.25, -0.2) is 9.59 Å². The highest BCUT2D eigenvalue weighted by Crippen LogP contribution is 2.42. The Balaban J connectivity index is 1.43. The van der Waals surface area contributed by atoms with Crippen LogP contribution in [0.25, 0.3) is 0 Å². The molecule has 0 atom stereocenters. The van der Waals surface area contributed by atoms with Gasteiger partial charge in [0.15, 0.2) is 0 Å². The maximum Gasteiger partial charge on any atom is 0.406 e. The number of allylic oxidation sites excluding steroid dienone is 6. The van der Waals surface area contributed by atoms with Gasteiger partial charge in [0, 0.05) is 24.3 Å². The molecule has 0 unspecified atom stereocenters. The summed E-state index contributed by atoms with van der Waals surface area (Å²) in [4.78, 5) is 50.5. The fraction of sp³-hybridized carbons (Fsp3) is 0.500. The summed E-state index contributed by atoms with van der Waals surface area (Å²) in [5, 5.41) is 25.2. The van der Waals surface area contributed by atoms with Gasteiger partial charge in [-0.15, -0.1) is 0 Å². The Morgan fingerprint density at radius 3 is 1.05 bits per heavy atom. The Morgan fingerprint density at radius 2 is 0.767 bits per heavy atom. The standard InChI is InChI=1S/C48H62N2O10/c1-7-9-11-13-15-17-19-29-57-41-25-21-39(22-26-41)45(51)59-47(49(53)54)31-35(3)43(36(4)32-47)44-37(5)33-48(50(55)56,34-38(44)6)60-46(52)40-23-27-42(28-24-40)58-30-20-18-16-14-12-10-8-2/h21-28,31-34H,7-20,29-30H2,1-6H3. The first-order valence-electron chi connectivity index (χ1n) is 21.5. The average molecular weight is 827 g/mol. The summed E-state index contributed by atoms with van der Waals surface area (Å²) >= 11 is 0. The van der Waals surface area contributed by atoms with E-state index < -0.39 is 33.2 Å². The zero-order chi connectivity index (χ0) is 43.7. The Morgan fingerprint density at radius 1 is 0.483 bits per heavy atom. The molecule has 4 rings (SSSR count). The van der Waals surface area contributed by atoms with E-state index in [1.54, 1.807) is 52.0 Å². The van der Waals surface area contributed by atoms with Crippen molar-refractivity contribution < 1.29 is 38.4 Å². The van der Waals surface area contributed by atoms with Crippen LogP contribution in [0.5, 0.6) is 11.5 Å². The zero-order valence-electron chi connectivity index (χ0n) is 36.2. The van der Waals surface area contributed by atoms with Gasteiger partial charge < -0.3 is 18.9 Å². The van der Waals surface area contributed by atoms with Crippen molar-refractivity contribution in [2.45, 2.75) is 143 Å². The highest BCUT2D eigenvalue weighted by atomic mass is 16.7. The molecule has 2 aromatic carbocycles. The first-order valence-corrected chi connectivity index (χ1v) is 21.5. The molecule has 12 nitrogen and oxygen atoms in total. The van der Waals surface area contributed by atoms with Gasteiger partial charge in [0.25, 0.3) is 0 Å². The van der Waals surface area contributed by atoms with E-state index >= 15 is 0 Å². The second kappa shape index (κ2) is 22.7. The van der Waals surface area contributed by atoms with Crippen molar-refractivity contribution in [3.63, 3.8) is 0 Å². The summed E-state index contributed by atoms with van der Waals surface area (Å²) in [6, 6.07) is 12.6. The number of carbonyl (C=O) groups excluding carboxylic acids is 2. The van der Waals surface area contributed by atoms with E-state index in [2.05, 4.69) is 13.8 Å². The van der Waals surface area contributed by atoms with Gasteiger partial charge in [0.1, 0.15) is 11.5 Å².